The molecular formula is C15H15BrFN. The van der Waals surface area contributed by atoms with Crippen molar-refractivity contribution >= 4 is 15.9 Å². The molecule has 0 aromatic heterocycles. The fraction of sp³-hybridized carbons (Fsp3) is 0.200. The first kappa shape index (κ1) is 13.2. The number of hydrogen-bond donors (Lipinski definition) is 1. The van der Waals surface area contributed by atoms with Crippen LogP contribution in [0.1, 0.15) is 24.1 Å². The molecule has 0 aliphatic heterocycles. The highest BCUT2D eigenvalue weighted by molar-refractivity contribution is 9.10. The second-order valence-electron chi connectivity index (χ2n) is 4.25. The lowest BCUT2D eigenvalue weighted by Crippen LogP contribution is -2.18. The topological polar surface area (TPSA) is 12.0 Å². The van der Waals surface area contributed by atoms with Crippen molar-refractivity contribution in [2.45, 2.75) is 19.5 Å². The molecule has 0 saturated carbocycles. The minimum Gasteiger partial charge on any atom is -0.306 e. The highest BCUT2D eigenvalue weighted by Gasteiger charge is 2.06. The molecule has 94 valence electrons. The average Bonchev–Trinajstić information content (AvgIpc) is 2.38. The van der Waals surface area contributed by atoms with E-state index >= 15 is 0 Å². The summed E-state index contributed by atoms with van der Waals surface area (Å²) in [6.07, 6.45) is 0. The Bertz CT molecular complexity index is 513. The summed E-state index contributed by atoms with van der Waals surface area (Å²) in [4.78, 5) is 0. The summed E-state index contributed by atoms with van der Waals surface area (Å²) in [6.45, 7) is 2.82. The first-order valence-corrected chi connectivity index (χ1v) is 6.68. The molecule has 2 aromatic carbocycles. The Morgan fingerprint density at radius 3 is 2.56 bits per heavy atom. The van der Waals surface area contributed by atoms with E-state index in [1.165, 1.54) is 17.7 Å². The maximum atomic E-state index is 13.0. The number of nitrogens with one attached hydrogen (secondary N) is 1. The summed E-state index contributed by atoms with van der Waals surface area (Å²) >= 11 is 3.37. The average molecular weight is 308 g/mol. The van der Waals surface area contributed by atoms with Crippen LogP contribution >= 0.6 is 15.9 Å². The van der Waals surface area contributed by atoms with Crippen molar-refractivity contribution in [3.05, 3.63) is 69.9 Å². The summed E-state index contributed by atoms with van der Waals surface area (Å²) in [7, 11) is 0. The number of halogens is 2. The quantitative estimate of drug-likeness (QED) is 0.880. The molecule has 0 aliphatic rings. The van der Waals surface area contributed by atoms with Crippen LogP contribution in [0.4, 0.5) is 4.39 Å². The highest BCUT2D eigenvalue weighted by atomic mass is 79.9. The van der Waals surface area contributed by atoms with Crippen molar-refractivity contribution in [3.63, 3.8) is 0 Å². The van der Waals surface area contributed by atoms with E-state index < -0.39 is 0 Å². The van der Waals surface area contributed by atoms with Crippen molar-refractivity contribution in [1.82, 2.24) is 5.32 Å². The zero-order valence-corrected chi connectivity index (χ0v) is 11.7. The smallest absolute Gasteiger partial charge is 0.124 e. The van der Waals surface area contributed by atoms with Gasteiger partial charge < -0.3 is 5.32 Å². The largest absolute Gasteiger partial charge is 0.306 e. The second-order valence-corrected chi connectivity index (χ2v) is 5.10. The number of hydrogen-bond acceptors (Lipinski definition) is 1. The van der Waals surface area contributed by atoms with E-state index in [0.717, 1.165) is 10.0 Å². The molecule has 2 aromatic rings. The van der Waals surface area contributed by atoms with E-state index in [1.54, 1.807) is 6.07 Å². The van der Waals surface area contributed by atoms with Gasteiger partial charge in [-0.2, -0.15) is 0 Å². The Labute approximate surface area is 115 Å². The van der Waals surface area contributed by atoms with E-state index in [2.05, 4.69) is 40.3 Å². The van der Waals surface area contributed by atoms with E-state index in [9.17, 15) is 4.39 Å². The Balaban J connectivity index is 1.99. The first-order valence-electron chi connectivity index (χ1n) is 5.89. The molecule has 2 rings (SSSR count). The van der Waals surface area contributed by atoms with Crippen LogP contribution in [0.15, 0.2) is 53.0 Å². The summed E-state index contributed by atoms with van der Waals surface area (Å²) < 4.78 is 13.8. The SMILES string of the molecule is CC(NCc1ccc(F)cc1Br)c1ccccc1. The molecule has 0 radical (unpaired) electrons. The van der Waals surface area contributed by atoms with Gasteiger partial charge in [0.2, 0.25) is 0 Å². The van der Waals surface area contributed by atoms with E-state index in [1.807, 2.05) is 18.2 Å². The fourth-order valence-corrected chi connectivity index (χ4v) is 2.28. The lowest BCUT2D eigenvalue weighted by atomic mass is 10.1. The molecule has 0 aliphatic carbocycles. The molecular weight excluding hydrogens is 293 g/mol. The molecule has 1 nitrogen and oxygen atoms in total. The van der Waals surface area contributed by atoms with Crippen molar-refractivity contribution in [3.8, 4) is 0 Å². The van der Waals surface area contributed by atoms with Gasteiger partial charge in [0.1, 0.15) is 5.82 Å². The van der Waals surface area contributed by atoms with Crippen LogP contribution in [0.3, 0.4) is 0 Å². The Kier molecular flexibility index (Phi) is 4.50. The summed E-state index contributed by atoms with van der Waals surface area (Å²) in [5.41, 5.74) is 2.30. The predicted octanol–water partition coefficient (Wildman–Crippen LogP) is 4.44. The molecule has 1 N–H and O–H groups in total. The molecule has 0 heterocycles. The molecule has 0 saturated heterocycles. The molecule has 0 bridgehead atoms. The third kappa shape index (κ3) is 3.40. The Hall–Kier alpha value is -1.19. The zero-order valence-electron chi connectivity index (χ0n) is 10.2. The van der Waals surface area contributed by atoms with Crippen LogP contribution < -0.4 is 5.32 Å². The summed E-state index contributed by atoms with van der Waals surface area (Å²) in [5, 5.41) is 3.42. The van der Waals surface area contributed by atoms with E-state index in [-0.39, 0.29) is 11.9 Å². The fourth-order valence-electron chi connectivity index (χ4n) is 1.79. The van der Waals surface area contributed by atoms with Crippen molar-refractivity contribution in [2.75, 3.05) is 0 Å². The third-order valence-corrected chi connectivity index (χ3v) is 3.65. The van der Waals surface area contributed by atoms with Crippen molar-refractivity contribution in [2.24, 2.45) is 0 Å². The van der Waals surface area contributed by atoms with Gasteiger partial charge in [-0.05, 0) is 30.2 Å². The monoisotopic (exact) mass is 307 g/mol. The first-order chi connectivity index (χ1) is 8.66. The van der Waals surface area contributed by atoms with Crippen molar-refractivity contribution in [1.29, 1.82) is 0 Å². The molecule has 1 unspecified atom stereocenters. The van der Waals surface area contributed by atoms with Crippen LogP contribution in [-0.2, 0) is 6.54 Å². The van der Waals surface area contributed by atoms with Gasteiger partial charge in [-0.1, -0.05) is 52.3 Å². The van der Waals surface area contributed by atoms with Crippen LogP contribution in [0.5, 0.6) is 0 Å². The molecule has 0 amide bonds. The summed E-state index contributed by atoms with van der Waals surface area (Å²) in [6, 6.07) is 15.3. The molecule has 0 fully saturated rings. The Morgan fingerprint density at radius 2 is 1.89 bits per heavy atom. The van der Waals surface area contributed by atoms with Gasteiger partial charge in [0.15, 0.2) is 0 Å². The standard InChI is InChI=1S/C15H15BrFN/c1-11(12-5-3-2-4-6-12)18-10-13-7-8-14(17)9-15(13)16/h2-9,11,18H,10H2,1H3. The maximum absolute atomic E-state index is 13.0. The molecule has 0 spiro atoms. The van der Waals surface area contributed by atoms with Gasteiger partial charge in [-0.3, -0.25) is 0 Å². The van der Waals surface area contributed by atoms with Gasteiger partial charge in [0, 0.05) is 17.1 Å². The van der Waals surface area contributed by atoms with Gasteiger partial charge in [0.25, 0.3) is 0 Å². The lowest BCUT2D eigenvalue weighted by Gasteiger charge is -2.15. The zero-order chi connectivity index (χ0) is 13.0. The third-order valence-electron chi connectivity index (χ3n) is 2.91. The van der Waals surface area contributed by atoms with Crippen LogP contribution in [0.2, 0.25) is 0 Å². The van der Waals surface area contributed by atoms with Crippen LogP contribution in [-0.4, -0.2) is 0 Å². The second kappa shape index (κ2) is 6.12. The van der Waals surface area contributed by atoms with Crippen molar-refractivity contribution < 1.29 is 4.39 Å². The van der Waals surface area contributed by atoms with Crippen LogP contribution in [0, 0.1) is 5.82 Å². The number of benzene rings is 2. The highest BCUT2D eigenvalue weighted by Crippen LogP contribution is 2.19. The van der Waals surface area contributed by atoms with Crippen LogP contribution in [0.25, 0.3) is 0 Å². The van der Waals surface area contributed by atoms with Gasteiger partial charge in [-0.25, -0.2) is 4.39 Å². The molecule has 1 atom stereocenters. The molecule has 3 heteroatoms. The molecule has 18 heavy (non-hydrogen) atoms. The van der Waals surface area contributed by atoms with Gasteiger partial charge in [-0.15, -0.1) is 0 Å². The van der Waals surface area contributed by atoms with Gasteiger partial charge >= 0.3 is 0 Å². The summed E-state index contributed by atoms with van der Waals surface area (Å²) in [5.74, 6) is -0.221. The minimum atomic E-state index is -0.221. The number of rotatable bonds is 4. The predicted molar refractivity (Wildman–Crippen MR) is 75.8 cm³/mol. The van der Waals surface area contributed by atoms with E-state index in [4.69, 9.17) is 0 Å². The lowest BCUT2D eigenvalue weighted by molar-refractivity contribution is 0.571. The van der Waals surface area contributed by atoms with Gasteiger partial charge in [0.05, 0.1) is 0 Å². The Morgan fingerprint density at radius 1 is 1.17 bits per heavy atom. The maximum Gasteiger partial charge on any atom is 0.124 e. The normalized spacial score (nSPS) is 12.4. The van der Waals surface area contributed by atoms with E-state index in [0.29, 0.717) is 6.54 Å². The minimum absolute atomic E-state index is 0.221.